The minimum Gasteiger partial charge on any atom is -0.467 e. The number of carboxylic acid groups (broad SMARTS) is 1. The fourth-order valence-electron chi connectivity index (χ4n) is 0.930. The molecule has 0 spiro atoms. The number of methoxy groups -OCH3 is 1. The molecule has 1 unspecified atom stereocenters. The van der Waals surface area contributed by atoms with Gasteiger partial charge in [0.15, 0.2) is 6.04 Å². The van der Waals surface area contributed by atoms with Crippen molar-refractivity contribution in [2.75, 3.05) is 7.11 Å². The lowest BCUT2D eigenvalue weighted by Crippen LogP contribution is -2.38. The lowest BCUT2D eigenvalue weighted by atomic mass is 10.2. The Balaban J connectivity index is 2.68. The Bertz CT molecular complexity index is 238. The summed E-state index contributed by atoms with van der Waals surface area (Å²) in [6.07, 6.45) is 0.397. The van der Waals surface area contributed by atoms with E-state index in [1.807, 2.05) is 0 Å². The van der Waals surface area contributed by atoms with Crippen LogP contribution < -0.4 is 0 Å². The first-order chi connectivity index (χ1) is 5.66. The second-order valence-electron chi connectivity index (χ2n) is 2.20. The standard InChI is InChI=1S/C6H8N2O4/c1-12-5(9)4-2-3-7-8(4)6(10)11/h3-4H,2H2,1H3,(H,10,11). The van der Waals surface area contributed by atoms with Crippen LogP contribution in [0.25, 0.3) is 0 Å². The number of hydrogen-bond acceptors (Lipinski definition) is 4. The topological polar surface area (TPSA) is 79.2 Å². The molecule has 1 atom stereocenters. The summed E-state index contributed by atoms with van der Waals surface area (Å²) in [7, 11) is 1.21. The Kier molecular flexibility index (Phi) is 2.27. The van der Waals surface area contributed by atoms with Crippen LogP contribution >= 0.6 is 0 Å². The number of amides is 1. The summed E-state index contributed by atoms with van der Waals surface area (Å²) in [5, 5.41) is 12.7. The van der Waals surface area contributed by atoms with Crippen LogP contribution in [-0.4, -0.2) is 41.5 Å². The van der Waals surface area contributed by atoms with E-state index in [0.29, 0.717) is 5.01 Å². The van der Waals surface area contributed by atoms with Gasteiger partial charge in [0, 0.05) is 12.6 Å². The molecule has 0 fully saturated rings. The van der Waals surface area contributed by atoms with Crippen LogP contribution in [0.5, 0.6) is 0 Å². The van der Waals surface area contributed by atoms with Gasteiger partial charge in [-0.25, -0.2) is 9.59 Å². The number of hydrazone groups is 1. The van der Waals surface area contributed by atoms with Crippen molar-refractivity contribution < 1.29 is 19.4 Å². The number of nitrogens with zero attached hydrogens (tertiary/aromatic N) is 2. The van der Waals surface area contributed by atoms with Gasteiger partial charge in [-0.05, 0) is 0 Å². The Morgan fingerprint density at radius 2 is 2.42 bits per heavy atom. The molecule has 66 valence electrons. The zero-order valence-corrected chi connectivity index (χ0v) is 6.43. The van der Waals surface area contributed by atoms with Gasteiger partial charge in [-0.3, -0.25) is 0 Å². The monoisotopic (exact) mass is 172 g/mol. The SMILES string of the molecule is COC(=O)C1CC=NN1C(=O)O. The molecule has 1 rings (SSSR count). The summed E-state index contributed by atoms with van der Waals surface area (Å²) in [5.41, 5.74) is 0. The molecule has 0 radical (unpaired) electrons. The molecule has 0 saturated carbocycles. The molecular formula is C6H8N2O4. The predicted molar refractivity (Wildman–Crippen MR) is 38.8 cm³/mol. The van der Waals surface area contributed by atoms with E-state index in [2.05, 4.69) is 9.84 Å². The van der Waals surface area contributed by atoms with Gasteiger partial charge >= 0.3 is 12.1 Å². The molecule has 0 saturated heterocycles. The fraction of sp³-hybridized carbons (Fsp3) is 0.500. The molecule has 12 heavy (non-hydrogen) atoms. The molecule has 0 aromatic carbocycles. The smallest absolute Gasteiger partial charge is 0.428 e. The van der Waals surface area contributed by atoms with Gasteiger partial charge in [0.1, 0.15) is 0 Å². The van der Waals surface area contributed by atoms with E-state index in [4.69, 9.17) is 5.11 Å². The quantitative estimate of drug-likeness (QED) is 0.560. The van der Waals surface area contributed by atoms with Crippen LogP contribution in [0.1, 0.15) is 6.42 Å². The highest BCUT2D eigenvalue weighted by molar-refractivity contribution is 5.86. The molecule has 1 N–H and O–H groups in total. The number of ether oxygens (including phenoxy) is 1. The molecule has 0 bridgehead atoms. The molecule has 0 aromatic rings. The Labute approximate surface area is 68.4 Å². The fourth-order valence-corrected chi connectivity index (χ4v) is 0.930. The number of hydrogen-bond donors (Lipinski definition) is 1. The molecule has 6 nitrogen and oxygen atoms in total. The summed E-state index contributed by atoms with van der Waals surface area (Å²) in [6, 6.07) is -0.813. The van der Waals surface area contributed by atoms with Crippen molar-refractivity contribution in [2.45, 2.75) is 12.5 Å². The van der Waals surface area contributed by atoms with Crippen LogP contribution in [0.4, 0.5) is 4.79 Å². The van der Waals surface area contributed by atoms with E-state index < -0.39 is 18.1 Å². The van der Waals surface area contributed by atoms with Crippen molar-refractivity contribution in [1.82, 2.24) is 5.01 Å². The van der Waals surface area contributed by atoms with Crippen LogP contribution in [-0.2, 0) is 9.53 Å². The summed E-state index contributed by atoms with van der Waals surface area (Å²) in [4.78, 5) is 21.4. The lowest BCUT2D eigenvalue weighted by molar-refractivity contribution is -0.145. The summed E-state index contributed by atoms with van der Waals surface area (Å²) >= 11 is 0. The molecular weight excluding hydrogens is 164 g/mol. The van der Waals surface area contributed by atoms with Gasteiger partial charge in [0.25, 0.3) is 0 Å². The number of carbonyl (C=O) groups excluding carboxylic acids is 1. The minimum atomic E-state index is -1.25. The van der Waals surface area contributed by atoms with Crippen molar-refractivity contribution in [3.8, 4) is 0 Å². The highest BCUT2D eigenvalue weighted by atomic mass is 16.5. The van der Waals surface area contributed by atoms with Crippen LogP contribution in [0.2, 0.25) is 0 Å². The third kappa shape index (κ3) is 1.36. The van der Waals surface area contributed by atoms with Gasteiger partial charge in [0.05, 0.1) is 7.11 Å². The molecule has 6 heteroatoms. The molecule has 1 aliphatic rings. The zero-order valence-electron chi connectivity index (χ0n) is 6.43. The first kappa shape index (κ1) is 8.51. The number of carbonyl (C=O) groups is 2. The Morgan fingerprint density at radius 3 is 2.92 bits per heavy atom. The maximum atomic E-state index is 10.9. The van der Waals surface area contributed by atoms with E-state index >= 15 is 0 Å². The molecule has 1 aliphatic heterocycles. The van der Waals surface area contributed by atoms with Gasteiger partial charge in [0.2, 0.25) is 0 Å². The first-order valence-electron chi connectivity index (χ1n) is 3.29. The number of rotatable bonds is 1. The summed E-state index contributed by atoms with van der Waals surface area (Å²) in [5.74, 6) is -0.588. The van der Waals surface area contributed by atoms with Gasteiger partial charge in [-0.2, -0.15) is 10.1 Å². The largest absolute Gasteiger partial charge is 0.467 e. The minimum absolute atomic E-state index is 0.277. The third-order valence-electron chi connectivity index (χ3n) is 1.50. The van der Waals surface area contributed by atoms with Crippen LogP contribution in [0.15, 0.2) is 5.10 Å². The Hall–Kier alpha value is -1.59. The van der Waals surface area contributed by atoms with Gasteiger partial charge in [-0.15, -0.1) is 0 Å². The maximum absolute atomic E-state index is 10.9. The normalized spacial score (nSPS) is 21.1. The Morgan fingerprint density at radius 1 is 1.75 bits per heavy atom. The van der Waals surface area contributed by atoms with E-state index in [1.165, 1.54) is 13.3 Å². The van der Waals surface area contributed by atoms with Crippen LogP contribution in [0, 0.1) is 0 Å². The van der Waals surface area contributed by atoms with E-state index in [0.717, 1.165) is 0 Å². The van der Waals surface area contributed by atoms with Crippen molar-refractivity contribution in [1.29, 1.82) is 0 Å². The summed E-state index contributed by atoms with van der Waals surface area (Å²) in [6.45, 7) is 0. The predicted octanol–water partition coefficient (Wildman–Crippen LogP) is -0.102. The second-order valence-corrected chi connectivity index (χ2v) is 2.20. The average molecular weight is 172 g/mol. The second kappa shape index (κ2) is 3.21. The van der Waals surface area contributed by atoms with Crippen molar-refractivity contribution in [2.24, 2.45) is 5.10 Å². The van der Waals surface area contributed by atoms with Gasteiger partial charge < -0.3 is 9.84 Å². The first-order valence-corrected chi connectivity index (χ1v) is 3.29. The van der Waals surface area contributed by atoms with Crippen LogP contribution in [0.3, 0.4) is 0 Å². The summed E-state index contributed by atoms with van der Waals surface area (Å²) < 4.78 is 4.39. The zero-order chi connectivity index (χ0) is 9.14. The average Bonchev–Trinajstić information content (AvgIpc) is 2.50. The van der Waals surface area contributed by atoms with Crippen molar-refractivity contribution >= 4 is 18.3 Å². The molecule has 0 aromatic heterocycles. The van der Waals surface area contributed by atoms with E-state index in [1.54, 1.807) is 0 Å². The molecule has 1 amide bonds. The van der Waals surface area contributed by atoms with Gasteiger partial charge in [-0.1, -0.05) is 0 Å². The maximum Gasteiger partial charge on any atom is 0.428 e. The lowest BCUT2D eigenvalue weighted by Gasteiger charge is -2.15. The highest BCUT2D eigenvalue weighted by Gasteiger charge is 2.33. The van der Waals surface area contributed by atoms with E-state index in [9.17, 15) is 9.59 Å². The van der Waals surface area contributed by atoms with E-state index in [-0.39, 0.29) is 6.42 Å². The highest BCUT2D eigenvalue weighted by Crippen LogP contribution is 2.11. The third-order valence-corrected chi connectivity index (χ3v) is 1.50. The van der Waals surface area contributed by atoms with Crippen molar-refractivity contribution in [3.05, 3.63) is 0 Å². The number of esters is 1. The molecule has 1 heterocycles. The molecule has 0 aliphatic carbocycles. The van der Waals surface area contributed by atoms with Crippen molar-refractivity contribution in [3.63, 3.8) is 0 Å².